The third-order valence-electron chi connectivity index (χ3n) is 5.63. The highest BCUT2D eigenvalue weighted by Crippen LogP contribution is 2.34. The number of alkyl halides is 3. The molecule has 1 aromatic heterocycles. The lowest BCUT2D eigenvalue weighted by molar-refractivity contribution is -0.138. The van der Waals surface area contributed by atoms with Gasteiger partial charge in [0.2, 0.25) is 0 Å². The number of nitrogens with zero attached hydrogens (tertiary/aromatic N) is 2. The summed E-state index contributed by atoms with van der Waals surface area (Å²) in [4.78, 5) is 12.3. The molecule has 0 aliphatic heterocycles. The maximum absolute atomic E-state index is 13.3. The van der Waals surface area contributed by atoms with Gasteiger partial charge in [-0.05, 0) is 22.8 Å². The summed E-state index contributed by atoms with van der Waals surface area (Å²) in [7, 11) is 0. The molecule has 0 aliphatic rings. The molecule has 34 heavy (non-hydrogen) atoms. The Morgan fingerprint density at radius 3 is 2.00 bits per heavy atom. The quantitative estimate of drug-likeness (QED) is 0.273. The molecule has 0 unspecified atom stereocenters. The maximum Gasteiger partial charge on any atom is 0.416 e. The number of aromatic amines is 1. The number of fused-ring (bicyclic) bond motifs is 1. The van der Waals surface area contributed by atoms with Crippen molar-refractivity contribution in [1.29, 1.82) is 0 Å². The van der Waals surface area contributed by atoms with Gasteiger partial charge in [-0.25, -0.2) is 4.98 Å². The van der Waals surface area contributed by atoms with Crippen molar-refractivity contribution < 1.29 is 13.2 Å². The first-order chi connectivity index (χ1) is 16.5. The second-order valence-corrected chi connectivity index (χ2v) is 7.86. The van der Waals surface area contributed by atoms with Gasteiger partial charge in [-0.2, -0.15) is 13.2 Å². The zero-order valence-corrected chi connectivity index (χ0v) is 18.1. The van der Waals surface area contributed by atoms with E-state index in [2.05, 4.69) is 16.0 Å². The topological polar surface area (TPSA) is 41.0 Å². The van der Waals surface area contributed by atoms with Crippen LogP contribution in [-0.4, -0.2) is 16.2 Å². The number of aliphatic imine (C=N–C) groups is 1. The van der Waals surface area contributed by atoms with Crippen molar-refractivity contribution in [2.75, 3.05) is 0 Å². The Labute approximate surface area is 194 Å². The number of benzene rings is 4. The van der Waals surface area contributed by atoms with Gasteiger partial charge in [-0.1, -0.05) is 91.0 Å². The summed E-state index contributed by atoms with van der Waals surface area (Å²) >= 11 is 0. The van der Waals surface area contributed by atoms with Crippen molar-refractivity contribution in [3.8, 4) is 22.3 Å². The molecule has 0 atom stereocenters. The van der Waals surface area contributed by atoms with Crippen molar-refractivity contribution in [1.82, 2.24) is 9.97 Å². The number of nitrogens with one attached hydrogen (secondary N) is 1. The van der Waals surface area contributed by atoms with Gasteiger partial charge < -0.3 is 4.98 Å². The smallest absolute Gasteiger partial charge is 0.337 e. The molecule has 3 nitrogen and oxygen atoms in total. The third kappa shape index (κ3) is 4.35. The predicted molar refractivity (Wildman–Crippen MR) is 130 cm³/mol. The molecule has 5 rings (SSSR count). The third-order valence-corrected chi connectivity index (χ3v) is 5.63. The summed E-state index contributed by atoms with van der Waals surface area (Å²) in [6.45, 7) is -0.0934. The Morgan fingerprint density at radius 1 is 0.735 bits per heavy atom. The second-order valence-electron chi connectivity index (χ2n) is 7.86. The van der Waals surface area contributed by atoms with Crippen LogP contribution in [0.15, 0.2) is 102 Å². The summed E-state index contributed by atoms with van der Waals surface area (Å²) in [5.74, 6) is 0.486. The van der Waals surface area contributed by atoms with Crippen LogP contribution in [0.25, 0.3) is 33.3 Å². The molecule has 0 aliphatic carbocycles. The highest BCUT2D eigenvalue weighted by atomic mass is 19.4. The van der Waals surface area contributed by atoms with Crippen LogP contribution in [-0.2, 0) is 12.7 Å². The number of hydrogen-bond donors (Lipinski definition) is 1. The number of hydrogen-bond acceptors (Lipinski definition) is 2. The molecule has 6 heteroatoms. The summed E-state index contributed by atoms with van der Waals surface area (Å²) in [5, 5.41) is 0. The Morgan fingerprint density at radius 2 is 1.32 bits per heavy atom. The van der Waals surface area contributed by atoms with Crippen LogP contribution < -0.4 is 0 Å². The number of rotatable bonds is 5. The fourth-order valence-electron chi connectivity index (χ4n) is 4.05. The van der Waals surface area contributed by atoms with E-state index in [1.54, 1.807) is 6.07 Å². The van der Waals surface area contributed by atoms with Crippen LogP contribution in [0.1, 0.15) is 17.0 Å². The van der Waals surface area contributed by atoms with Crippen molar-refractivity contribution in [2.45, 2.75) is 12.7 Å². The summed E-state index contributed by atoms with van der Waals surface area (Å²) in [5.41, 5.74) is 5.11. The molecule has 1 heterocycles. The molecular weight excluding hydrogens is 435 g/mol. The first kappa shape index (κ1) is 21.6. The van der Waals surface area contributed by atoms with Gasteiger partial charge in [0.25, 0.3) is 0 Å². The fraction of sp³-hybridized carbons (Fsp3) is 0.0714. The van der Waals surface area contributed by atoms with Gasteiger partial charge in [-0.3, -0.25) is 4.99 Å². The van der Waals surface area contributed by atoms with Gasteiger partial charge in [0.1, 0.15) is 5.82 Å². The molecule has 0 radical (unpaired) electrons. The summed E-state index contributed by atoms with van der Waals surface area (Å²) < 4.78 is 39.8. The number of H-pyrrole nitrogens is 1. The SMILES string of the molecule is FC(F)(F)c1ccccc1CN=Cc1nc2c(-c3ccccc3)ccc(-c3ccccc3)c2[nH]1. The minimum atomic E-state index is -4.42. The van der Waals surface area contributed by atoms with E-state index in [0.717, 1.165) is 39.4 Å². The summed E-state index contributed by atoms with van der Waals surface area (Å²) in [6.07, 6.45) is -2.92. The minimum Gasteiger partial charge on any atom is -0.337 e. The molecule has 0 fully saturated rings. The molecule has 168 valence electrons. The molecule has 4 aromatic carbocycles. The van der Waals surface area contributed by atoms with Crippen LogP contribution >= 0.6 is 0 Å². The van der Waals surface area contributed by atoms with Crippen LogP contribution in [0.2, 0.25) is 0 Å². The van der Waals surface area contributed by atoms with Crippen molar-refractivity contribution >= 4 is 17.2 Å². The highest BCUT2D eigenvalue weighted by molar-refractivity contribution is 6.02. The molecular formula is C28H20F3N3. The van der Waals surface area contributed by atoms with Gasteiger partial charge in [0.15, 0.2) is 0 Å². The van der Waals surface area contributed by atoms with Crippen LogP contribution in [0.4, 0.5) is 13.2 Å². The number of imidazole rings is 1. The Hall–Kier alpha value is -4.19. The highest BCUT2D eigenvalue weighted by Gasteiger charge is 2.32. The van der Waals surface area contributed by atoms with E-state index < -0.39 is 11.7 Å². The number of aromatic nitrogens is 2. The van der Waals surface area contributed by atoms with Crippen LogP contribution in [0, 0.1) is 0 Å². The second kappa shape index (κ2) is 8.98. The van der Waals surface area contributed by atoms with Crippen molar-refractivity contribution in [3.63, 3.8) is 0 Å². The Bertz CT molecular complexity index is 1380. The Kier molecular flexibility index (Phi) is 5.72. The largest absolute Gasteiger partial charge is 0.416 e. The average Bonchev–Trinajstić information content (AvgIpc) is 3.28. The molecule has 0 saturated heterocycles. The molecule has 0 saturated carbocycles. The molecule has 0 amide bonds. The molecule has 1 N–H and O–H groups in total. The van der Waals surface area contributed by atoms with E-state index in [1.165, 1.54) is 18.3 Å². The van der Waals surface area contributed by atoms with Gasteiger partial charge in [0.05, 0.1) is 29.4 Å². The van der Waals surface area contributed by atoms with E-state index in [9.17, 15) is 13.2 Å². The predicted octanol–water partition coefficient (Wildman–Crippen LogP) is 7.53. The van der Waals surface area contributed by atoms with Gasteiger partial charge in [-0.15, -0.1) is 0 Å². The zero-order valence-electron chi connectivity index (χ0n) is 18.1. The van der Waals surface area contributed by atoms with E-state index in [0.29, 0.717) is 5.82 Å². The van der Waals surface area contributed by atoms with E-state index in [1.807, 2.05) is 66.7 Å². The maximum atomic E-state index is 13.3. The van der Waals surface area contributed by atoms with Crippen LogP contribution in [0.3, 0.4) is 0 Å². The average molecular weight is 455 g/mol. The lowest BCUT2D eigenvalue weighted by atomic mass is 9.98. The first-order valence-corrected chi connectivity index (χ1v) is 10.8. The first-order valence-electron chi connectivity index (χ1n) is 10.8. The molecule has 5 aromatic rings. The lowest BCUT2D eigenvalue weighted by Gasteiger charge is -2.10. The van der Waals surface area contributed by atoms with Crippen molar-refractivity contribution in [3.05, 3.63) is 114 Å². The van der Waals surface area contributed by atoms with Crippen LogP contribution in [0.5, 0.6) is 0 Å². The molecule has 0 bridgehead atoms. The van der Waals surface area contributed by atoms with E-state index in [-0.39, 0.29) is 12.1 Å². The standard InChI is InChI=1S/C28H20F3N3/c29-28(30,31)24-14-8-7-13-21(24)17-32-18-25-33-26-22(19-9-3-1-4-10-19)15-16-23(27(26)34-25)20-11-5-2-6-12-20/h1-16,18H,17H2,(H,33,34). The lowest BCUT2D eigenvalue weighted by Crippen LogP contribution is -2.08. The van der Waals surface area contributed by atoms with Crippen molar-refractivity contribution in [2.24, 2.45) is 4.99 Å². The van der Waals surface area contributed by atoms with E-state index >= 15 is 0 Å². The van der Waals surface area contributed by atoms with Gasteiger partial charge in [0, 0.05) is 11.1 Å². The monoisotopic (exact) mass is 455 g/mol. The van der Waals surface area contributed by atoms with Gasteiger partial charge >= 0.3 is 6.18 Å². The summed E-state index contributed by atoms with van der Waals surface area (Å²) in [6, 6.07) is 29.5. The zero-order chi connectivity index (χ0) is 23.5. The normalized spacial score (nSPS) is 12.0. The van der Waals surface area contributed by atoms with E-state index in [4.69, 9.17) is 4.98 Å². The fourth-order valence-corrected chi connectivity index (χ4v) is 4.05. The minimum absolute atomic E-state index is 0.0934. The Balaban J connectivity index is 1.56. The molecule has 0 spiro atoms. The number of halogens is 3.